The molecule has 1 fully saturated rings. The van der Waals surface area contributed by atoms with Crippen molar-refractivity contribution in [2.45, 2.75) is 76.5 Å². The van der Waals surface area contributed by atoms with Gasteiger partial charge in [-0.25, -0.2) is 4.79 Å². The van der Waals surface area contributed by atoms with Gasteiger partial charge in [-0.15, -0.1) is 5.06 Å². The standard InChI is InChI=1S/C51H47N5O11/c1-62-43-22-37-39(52-26-34-20-32-9-3-5-11-41(32)54(34)50(37)60)24-45(43)65-28-30-17-31(19-36(18-30)64-16-8-7-13-49(59)67-56-47(57)14-15-48(56)58)29-66-46-25-40-38(23-44(46)63-2)51(61)55-35(27-53-40)21-33-10-4-6-12-42(33)55/h3-6,9-12,17-19,22-27,34-35,47,57H,7-8,13-16,20-21,28-29H2,1-2H3/t34-,35-,47?/m0/s1. The van der Waals surface area contributed by atoms with E-state index in [1.165, 1.54) is 14.2 Å². The normalized spacial score (nSPS) is 18.6. The van der Waals surface area contributed by atoms with E-state index in [0.29, 0.717) is 76.9 Å². The molecule has 67 heavy (non-hydrogen) atoms. The highest BCUT2D eigenvalue weighted by molar-refractivity contribution is 6.16. The summed E-state index contributed by atoms with van der Waals surface area (Å²) in [6.07, 6.45) is 5.09. The largest absolute Gasteiger partial charge is 0.494 e. The van der Waals surface area contributed by atoms with E-state index in [1.807, 2.05) is 66.7 Å². The SMILES string of the molecule is COc1cc2c(cc1OCc1cc(COc3cc4c(cc3OC)C(=O)N3c5ccccc5C[C@H]3C=N4)cc(OCCCCC(=O)ON3C(=O)CCC3O)c1)N=C[C@@H]1Cc3ccccc3N1C2=O. The summed E-state index contributed by atoms with van der Waals surface area (Å²) in [6.45, 7) is 0.404. The third-order valence-corrected chi connectivity index (χ3v) is 12.4. The fraction of sp³-hybridized carbons (Fsp3) is 0.294. The predicted molar refractivity (Wildman–Crippen MR) is 246 cm³/mol. The number of nitrogens with zero attached hydrogens (tertiary/aromatic N) is 5. The first-order chi connectivity index (χ1) is 32.6. The van der Waals surface area contributed by atoms with Gasteiger partial charge in [0.25, 0.3) is 17.7 Å². The van der Waals surface area contributed by atoms with Gasteiger partial charge in [-0.2, -0.15) is 0 Å². The zero-order chi connectivity index (χ0) is 46.2. The minimum Gasteiger partial charge on any atom is -0.494 e. The van der Waals surface area contributed by atoms with Crippen molar-refractivity contribution in [1.29, 1.82) is 0 Å². The summed E-state index contributed by atoms with van der Waals surface area (Å²) < 4.78 is 30.5. The first-order valence-electron chi connectivity index (χ1n) is 22.2. The quantitative estimate of drug-likeness (QED) is 0.104. The number of aliphatic hydroxyl groups is 1. The maximum atomic E-state index is 14.0. The van der Waals surface area contributed by atoms with E-state index in [-0.39, 0.29) is 63.0 Å². The van der Waals surface area contributed by atoms with Crippen molar-refractivity contribution >= 4 is 58.9 Å². The lowest BCUT2D eigenvalue weighted by atomic mass is 10.1. The molecule has 0 aliphatic carbocycles. The smallest absolute Gasteiger partial charge is 0.332 e. The molecule has 0 radical (unpaired) electrons. The van der Waals surface area contributed by atoms with Crippen molar-refractivity contribution in [3.63, 3.8) is 0 Å². The number of hydrogen-bond acceptors (Lipinski definition) is 13. The van der Waals surface area contributed by atoms with Crippen molar-refractivity contribution in [3.05, 3.63) is 124 Å². The van der Waals surface area contributed by atoms with Crippen molar-refractivity contribution in [1.82, 2.24) is 5.06 Å². The number of benzene rings is 5. The van der Waals surface area contributed by atoms with Gasteiger partial charge in [0, 0.05) is 68.0 Å². The monoisotopic (exact) mass is 905 g/mol. The van der Waals surface area contributed by atoms with Crippen LogP contribution in [0.1, 0.15) is 75.1 Å². The Morgan fingerprint density at radius 3 is 1.72 bits per heavy atom. The number of fused-ring (bicyclic) bond motifs is 8. The molecule has 0 bridgehead atoms. The Bertz CT molecular complexity index is 2700. The average molecular weight is 906 g/mol. The Balaban J connectivity index is 0.868. The molecule has 1 saturated heterocycles. The van der Waals surface area contributed by atoms with Crippen LogP contribution in [0.4, 0.5) is 22.7 Å². The lowest BCUT2D eigenvalue weighted by Crippen LogP contribution is -2.37. The predicted octanol–water partition coefficient (Wildman–Crippen LogP) is 7.38. The van der Waals surface area contributed by atoms with Crippen LogP contribution in [0.5, 0.6) is 28.7 Å². The van der Waals surface area contributed by atoms with Gasteiger partial charge in [0.15, 0.2) is 29.2 Å². The van der Waals surface area contributed by atoms with Gasteiger partial charge < -0.3 is 33.6 Å². The zero-order valence-corrected chi connectivity index (χ0v) is 36.9. The lowest BCUT2D eigenvalue weighted by Gasteiger charge is -2.22. The molecule has 3 atom stereocenters. The highest BCUT2D eigenvalue weighted by Crippen LogP contribution is 2.43. The van der Waals surface area contributed by atoms with Gasteiger partial charge in [-0.05, 0) is 77.6 Å². The highest BCUT2D eigenvalue weighted by Gasteiger charge is 2.38. The summed E-state index contributed by atoms with van der Waals surface area (Å²) in [5.74, 6) is 0.644. The van der Waals surface area contributed by atoms with E-state index in [0.717, 1.165) is 38.7 Å². The summed E-state index contributed by atoms with van der Waals surface area (Å²) in [7, 11) is 3.04. The second-order valence-electron chi connectivity index (χ2n) is 16.8. The molecule has 5 aliphatic rings. The van der Waals surface area contributed by atoms with Crippen LogP contribution >= 0.6 is 0 Å². The number of hydrogen-bond donors (Lipinski definition) is 1. The van der Waals surface area contributed by atoms with Crippen molar-refractivity contribution in [2.24, 2.45) is 9.98 Å². The fourth-order valence-electron chi connectivity index (χ4n) is 9.15. The first kappa shape index (κ1) is 43.2. The number of aliphatic imine (C=N–C) groups is 2. The summed E-state index contributed by atoms with van der Waals surface area (Å²) in [5, 5.41) is 10.7. The third kappa shape index (κ3) is 8.51. The van der Waals surface area contributed by atoms with Crippen LogP contribution in [0, 0.1) is 0 Å². The van der Waals surface area contributed by atoms with Crippen molar-refractivity contribution in [3.8, 4) is 28.7 Å². The number of ether oxygens (including phenoxy) is 5. The Morgan fingerprint density at radius 1 is 0.672 bits per heavy atom. The third-order valence-electron chi connectivity index (χ3n) is 12.4. The van der Waals surface area contributed by atoms with Crippen LogP contribution in [0.25, 0.3) is 0 Å². The van der Waals surface area contributed by atoms with E-state index < -0.39 is 18.1 Å². The van der Waals surface area contributed by atoms with E-state index in [2.05, 4.69) is 0 Å². The average Bonchev–Trinajstić information content (AvgIpc) is 3.96. The molecule has 342 valence electrons. The molecule has 0 spiro atoms. The molecule has 16 heteroatoms. The fourth-order valence-corrected chi connectivity index (χ4v) is 9.15. The van der Waals surface area contributed by atoms with Crippen molar-refractivity contribution < 1.29 is 52.8 Å². The lowest BCUT2D eigenvalue weighted by molar-refractivity contribution is -0.220. The Labute approximate surface area is 385 Å². The summed E-state index contributed by atoms with van der Waals surface area (Å²) in [6, 6.07) is 27.7. The molecule has 5 aromatic carbocycles. The van der Waals surface area contributed by atoms with Gasteiger partial charge >= 0.3 is 5.97 Å². The minimum absolute atomic E-state index is 0.0291. The highest BCUT2D eigenvalue weighted by atomic mass is 16.7. The maximum absolute atomic E-state index is 14.0. The number of para-hydroxylation sites is 2. The molecule has 10 rings (SSSR count). The number of anilines is 2. The number of unbranched alkanes of at least 4 members (excludes halogenated alkanes) is 1. The number of hydroxylamine groups is 2. The van der Waals surface area contributed by atoms with Gasteiger partial charge in [-0.1, -0.05) is 36.4 Å². The van der Waals surface area contributed by atoms with E-state index in [9.17, 15) is 24.3 Å². The number of amides is 3. The summed E-state index contributed by atoms with van der Waals surface area (Å²) >= 11 is 0. The molecule has 0 aromatic heterocycles. The van der Waals surface area contributed by atoms with Crippen LogP contribution in [0.2, 0.25) is 0 Å². The van der Waals surface area contributed by atoms with Crippen LogP contribution in [0.3, 0.4) is 0 Å². The number of aliphatic hydroxyl groups excluding tert-OH is 1. The molecule has 5 aromatic rings. The molecular formula is C51H47N5O11. The molecule has 0 saturated carbocycles. The first-order valence-corrected chi connectivity index (χ1v) is 22.2. The van der Waals surface area contributed by atoms with Gasteiger partial charge in [0.2, 0.25) is 0 Å². The zero-order valence-electron chi connectivity index (χ0n) is 36.9. The van der Waals surface area contributed by atoms with Crippen LogP contribution in [-0.2, 0) is 40.5 Å². The second kappa shape index (κ2) is 18.3. The number of carbonyl (C=O) groups excluding carboxylic acids is 4. The van der Waals surface area contributed by atoms with Gasteiger partial charge in [0.05, 0.1) is 55.4 Å². The maximum Gasteiger partial charge on any atom is 0.332 e. The Morgan fingerprint density at radius 2 is 1.21 bits per heavy atom. The topological polar surface area (TPSA) is 178 Å². The second-order valence-corrected chi connectivity index (χ2v) is 16.8. The van der Waals surface area contributed by atoms with Crippen molar-refractivity contribution in [2.75, 3.05) is 30.6 Å². The summed E-state index contributed by atoms with van der Waals surface area (Å²) in [4.78, 5) is 70.5. The van der Waals surface area contributed by atoms with Crippen LogP contribution < -0.4 is 33.5 Å². The molecule has 16 nitrogen and oxygen atoms in total. The number of rotatable bonds is 15. The van der Waals surface area contributed by atoms with E-state index in [4.69, 9.17) is 38.5 Å². The Hall–Kier alpha value is -7.72. The molecule has 3 amide bonds. The van der Waals surface area contributed by atoms with Gasteiger partial charge in [0.1, 0.15) is 19.0 Å². The van der Waals surface area contributed by atoms with E-state index in [1.54, 1.807) is 46.5 Å². The van der Waals surface area contributed by atoms with Crippen LogP contribution in [0.15, 0.2) is 101 Å². The molecular weight excluding hydrogens is 859 g/mol. The molecule has 1 unspecified atom stereocenters. The molecule has 1 N–H and O–H groups in total. The van der Waals surface area contributed by atoms with Gasteiger partial charge in [-0.3, -0.25) is 34.2 Å². The number of methoxy groups -OCH3 is 2. The summed E-state index contributed by atoms with van der Waals surface area (Å²) in [5.41, 5.74) is 7.11. The Kier molecular flexibility index (Phi) is 11.8. The molecule has 5 heterocycles. The number of carbonyl (C=O) groups is 4. The van der Waals surface area contributed by atoms with Crippen LogP contribution in [-0.4, -0.2) is 85.4 Å². The molecule has 5 aliphatic heterocycles. The van der Waals surface area contributed by atoms with E-state index >= 15 is 0 Å². The minimum atomic E-state index is -1.13.